The van der Waals surface area contributed by atoms with E-state index >= 15 is 0 Å². The van der Waals surface area contributed by atoms with Gasteiger partial charge in [-0.3, -0.25) is 9.69 Å². The van der Waals surface area contributed by atoms with E-state index in [0.29, 0.717) is 23.0 Å². The molecular weight excluding hydrogens is 619 g/mol. The lowest BCUT2D eigenvalue weighted by Crippen LogP contribution is -2.58. The Morgan fingerprint density at radius 3 is 2.33 bits per heavy atom. The van der Waals surface area contributed by atoms with Crippen LogP contribution in [0.2, 0.25) is 0 Å². The normalized spacial score (nSPS) is 25.5. The van der Waals surface area contributed by atoms with Crippen LogP contribution >= 0.6 is 0 Å². The number of aryl methyl sites for hydroxylation is 1. The first kappa shape index (κ1) is 32.5. The lowest BCUT2D eigenvalue weighted by Gasteiger charge is -2.58. The van der Waals surface area contributed by atoms with Crippen LogP contribution in [0.3, 0.4) is 0 Å². The van der Waals surface area contributed by atoms with Crippen LogP contribution in [-0.4, -0.2) is 60.1 Å². The smallest absolute Gasteiger partial charge is 0.421 e. The number of anilines is 5. The first-order valence-electron chi connectivity index (χ1n) is 17.1. The molecule has 12 heteroatoms. The SMILES string of the molecule is CNC(=O)c1cccc(C)c1Nc1nc(Nc2ccc(NC3CCN(C4C5CC6CC(C5)CC4C6)CC3)cc2OC)ncc1C(F)(F)F. The summed E-state index contributed by atoms with van der Waals surface area (Å²) in [6, 6.07) is 11.7. The van der Waals surface area contributed by atoms with Crippen molar-refractivity contribution < 1.29 is 22.7 Å². The number of methoxy groups -OCH3 is 1. The van der Waals surface area contributed by atoms with E-state index in [9.17, 15) is 18.0 Å². The molecule has 1 aliphatic heterocycles. The van der Waals surface area contributed by atoms with Crippen LogP contribution < -0.4 is 26.0 Å². The van der Waals surface area contributed by atoms with E-state index in [-0.39, 0.29) is 17.2 Å². The van der Waals surface area contributed by atoms with Gasteiger partial charge in [-0.1, -0.05) is 12.1 Å². The van der Waals surface area contributed by atoms with E-state index in [2.05, 4.69) is 36.1 Å². The molecule has 8 rings (SSSR count). The number of benzene rings is 2. The second-order valence-electron chi connectivity index (χ2n) is 14.1. The summed E-state index contributed by atoms with van der Waals surface area (Å²) >= 11 is 0. The highest BCUT2D eigenvalue weighted by Crippen LogP contribution is 2.55. The van der Waals surface area contributed by atoms with Crippen molar-refractivity contribution in [1.29, 1.82) is 0 Å². The molecule has 256 valence electrons. The number of amides is 1. The summed E-state index contributed by atoms with van der Waals surface area (Å²) < 4.78 is 47.7. The summed E-state index contributed by atoms with van der Waals surface area (Å²) in [6.45, 7) is 3.95. The minimum absolute atomic E-state index is 0.0586. The highest BCUT2D eigenvalue weighted by atomic mass is 19.4. The van der Waals surface area contributed by atoms with Gasteiger partial charge in [0.05, 0.1) is 24.0 Å². The summed E-state index contributed by atoms with van der Waals surface area (Å²) in [7, 11) is 3.01. The molecule has 0 unspecified atom stereocenters. The lowest BCUT2D eigenvalue weighted by atomic mass is 9.53. The second kappa shape index (κ2) is 13.1. The maximum absolute atomic E-state index is 14.0. The largest absolute Gasteiger partial charge is 0.494 e. The Labute approximate surface area is 279 Å². The van der Waals surface area contributed by atoms with Gasteiger partial charge in [0.2, 0.25) is 5.95 Å². The number of halogens is 3. The minimum Gasteiger partial charge on any atom is -0.494 e. The molecular formula is C36H44F3N7O2. The molecule has 4 N–H and O–H groups in total. The fraction of sp³-hybridized carbons (Fsp3) is 0.528. The average molecular weight is 664 g/mol. The van der Waals surface area contributed by atoms with Gasteiger partial charge in [-0.15, -0.1) is 0 Å². The second-order valence-corrected chi connectivity index (χ2v) is 14.1. The van der Waals surface area contributed by atoms with E-state index < -0.39 is 23.5 Å². The van der Waals surface area contributed by atoms with Gasteiger partial charge in [0.1, 0.15) is 17.1 Å². The topological polar surface area (TPSA) is 103 Å². The number of carbonyl (C=O) groups excluding carboxylic acids is 1. The van der Waals surface area contributed by atoms with Crippen LogP contribution in [0.4, 0.5) is 42.0 Å². The minimum atomic E-state index is -4.73. The maximum Gasteiger partial charge on any atom is 0.421 e. The van der Waals surface area contributed by atoms with Gasteiger partial charge >= 0.3 is 6.18 Å². The van der Waals surface area contributed by atoms with Gasteiger partial charge in [0.15, 0.2) is 0 Å². The zero-order chi connectivity index (χ0) is 33.6. The molecule has 0 spiro atoms. The van der Waals surface area contributed by atoms with E-state index in [1.54, 1.807) is 26.2 Å². The molecule has 5 aliphatic rings. The third-order valence-corrected chi connectivity index (χ3v) is 11.0. The number of nitrogens with one attached hydrogen (secondary N) is 4. The van der Waals surface area contributed by atoms with Crippen molar-refractivity contribution in [3.8, 4) is 5.75 Å². The van der Waals surface area contributed by atoms with Gasteiger partial charge in [0, 0.05) is 50.2 Å². The molecule has 4 aliphatic carbocycles. The summed E-state index contributed by atoms with van der Waals surface area (Å²) in [5.74, 6) is 3.31. The van der Waals surface area contributed by atoms with Crippen LogP contribution in [0.5, 0.6) is 5.75 Å². The Hall–Kier alpha value is -4.06. The average Bonchev–Trinajstić information content (AvgIpc) is 3.06. The fourth-order valence-corrected chi connectivity index (χ4v) is 9.10. The van der Waals surface area contributed by atoms with Crippen molar-refractivity contribution in [2.75, 3.05) is 43.2 Å². The van der Waals surface area contributed by atoms with Gasteiger partial charge < -0.3 is 26.0 Å². The Kier molecular flexibility index (Phi) is 8.86. The first-order chi connectivity index (χ1) is 23.1. The monoisotopic (exact) mass is 663 g/mol. The van der Waals surface area contributed by atoms with Crippen molar-refractivity contribution in [3.05, 3.63) is 59.3 Å². The molecule has 1 amide bonds. The fourth-order valence-electron chi connectivity index (χ4n) is 9.10. The predicted octanol–water partition coefficient (Wildman–Crippen LogP) is 7.36. The molecule has 0 atom stereocenters. The van der Waals surface area contributed by atoms with Gasteiger partial charge in [-0.25, -0.2) is 4.98 Å². The van der Waals surface area contributed by atoms with E-state index in [1.807, 2.05) is 18.2 Å². The number of aromatic nitrogens is 2. The number of nitrogens with zero attached hydrogens (tertiary/aromatic N) is 3. The zero-order valence-corrected chi connectivity index (χ0v) is 27.7. The van der Waals surface area contributed by atoms with Gasteiger partial charge in [-0.05, 0) is 99.3 Å². The number of para-hydroxylation sites is 1. The van der Waals surface area contributed by atoms with Crippen LogP contribution in [-0.2, 0) is 6.18 Å². The van der Waals surface area contributed by atoms with Crippen molar-refractivity contribution in [1.82, 2.24) is 20.2 Å². The standard InChI is InChI=1S/C36H44F3N7O2/c1-20-5-4-6-27(34(47)40-2)31(20)44-33-28(36(37,38)39)19-41-35(45-33)43-29-8-7-26(18-30(29)48-3)42-25-9-11-46(12-10-25)32-23-14-21-13-22(16-23)17-24(32)15-21/h4-8,18-19,21-25,32,42H,9-17H2,1-3H3,(H,40,47)(H2,41,43,44,45). The van der Waals surface area contributed by atoms with Crippen molar-refractivity contribution in [2.45, 2.75) is 70.1 Å². The van der Waals surface area contributed by atoms with Gasteiger partial charge in [0.25, 0.3) is 5.91 Å². The Morgan fingerprint density at radius 1 is 0.979 bits per heavy atom. The summed E-state index contributed by atoms with van der Waals surface area (Å²) in [6.07, 6.45) is 5.42. The van der Waals surface area contributed by atoms with Gasteiger partial charge in [-0.2, -0.15) is 18.2 Å². The summed E-state index contributed by atoms with van der Waals surface area (Å²) in [4.78, 5) is 23.4. The van der Waals surface area contributed by atoms with Crippen LogP contribution in [0, 0.1) is 30.6 Å². The molecule has 48 heavy (non-hydrogen) atoms. The van der Waals surface area contributed by atoms with E-state index in [1.165, 1.54) is 45.2 Å². The van der Waals surface area contributed by atoms with Crippen LogP contribution in [0.1, 0.15) is 66.4 Å². The number of piperidine rings is 1. The number of hydrogen-bond donors (Lipinski definition) is 4. The quantitative estimate of drug-likeness (QED) is 0.188. The molecule has 4 saturated carbocycles. The lowest BCUT2D eigenvalue weighted by molar-refractivity contribution is -0.137. The predicted molar refractivity (Wildman–Crippen MR) is 180 cm³/mol. The highest BCUT2D eigenvalue weighted by Gasteiger charge is 2.50. The molecule has 5 fully saturated rings. The zero-order valence-electron chi connectivity index (χ0n) is 27.7. The third kappa shape index (κ3) is 6.51. The van der Waals surface area contributed by atoms with E-state index in [4.69, 9.17) is 4.74 Å². The number of likely N-dealkylation sites (tertiary alicyclic amines) is 1. The molecule has 9 nitrogen and oxygen atoms in total. The Bertz CT molecular complexity index is 1630. The number of alkyl halides is 3. The Balaban J connectivity index is 1.04. The molecule has 2 heterocycles. The third-order valence-electron chi connectivity index (χ3n) is 11.0. The maximum atomic E-state index is 14.0. The van der Waals surface area contributed by atoms with E-state index in [0.717, 1.165) is 67.5 Å². The first-order valence-corrected chi connectivity index (χ1v) is 17.1. The van der Waals surface area contributed by atoms with Crippen molar-refractivity contribution >= 4 is 34.7 Å². The molecule has 1 saturated heterocycles. The number of ether oxygens (including phenoxy) is 1. The molecule has 3 aromatic rings. The number of carbonyl (C=O) groups is 1. The van der Waals surface area contributed by atoms with Crippen molar-refractivity contribution in [2.24, 2.45) is 23.7 Å². The molecule has 2 aromatic carbocycles. The number of hydrogen-bond acceptors (Lipinski definition) is 8. The van der Waals surface area contributed by atoms with Crippen molar-refractivity contribution in [3.63, 3.8) is 0 Å². The van der Waals surface area contributed by atoms with Crippen LogP contribution in [0.15, 0.2) is 42.6 Å². The molecule has 1 aromatic heterocycles. The molecule has 4 bridgehead atoms. The summed E-state index contributed by atoms with van der Waals surface area (Å²) in [5.41, 5.74) is 1.38. The number of rotatable bonds is 9. The Morgan fingerprint density at radius 2 is 1.69 bits per heavy atom. The summed E-state index contributed by atoms with van der Waals surface area (Å²) in [5, 5.41) is 12.0. The van der Waals surface area contributed by atoms with Crippen LogP contribution in [0.25, 0.3) is 0 Å². The highest BCUT2D eigenvalue weighted by molar-refractivity contribution is 6.00. The molecule has 0 radical (unpaired) electrons.